The van der Waals surface area contributed by atoms with Crippen molar-refractivity contribution >= 4 is 17.8 Å². The van der Waals surface area contributed by atoms with Crippen molar-refractivity contribution in [3.8, 4) is 17.2 Å². The van der Waals surface area contributed by atoms with E-state index < -0.39 is 17.4 Å². The van der Waals surface area contributed by atoms with E-state index in [1.807, 2.05) is 6.92 Å². The number of aryl methyl sites for hydroxylation is 1. The molecule has 28 heavy (non-hydrogen) atoms. The Labute approximate surface area is 162 Å². The second-order valence-corrected chi connectivity index (χ2v) is 5.65. The van der Waals surface area contributed by atoms with Crippen LogP contribution < -0.4 is 19.6 Å². The molecule has 0 spiro atoms. The average Bonchev–Trinajstić information content (AvgIpc) is 2.67. The maximum Gasteiger partial charge on any atom is 0.311 e. The average molecular weight is 387 g/mol. The summed E-state index contributed by atoms with van der Waals surface area (Å²) in [6.07, 6.45) is 1.44. The lowest BCUT2D eigenvalue weighted by atomic mass is 10.2. The first-order chi connectivity index (χ1) is 13.4. The van der Waals surface area contributed by atoms with Crippen molar-refractivity contribution in [3.63, 3.8) is 0 Å². The molecule has 0 aliphatic heterocycles. The number of nitrogens with one attached hydrogen (secondary N) is 1. The molecule has 0 unspecified atom stereocenters. The van der Waals surface area contributed by atoms with E-state index in [0.717, 1.165) is 5.56 Å². The Morgan fingerprint density at radius 3 is 2.61 bits per heavy atom. The Hall–Kier alpha value is -3.62. The Bertz CT molecular complexity index is 882. The maximum atomic E-state index is 11.9. The fraction of sp³-hybridized carbons (Fsp3) is 0.263. The minimum Gasteiger partial charge on any atom is -0.493 e. The topological polar surface area (TPSA) is 112 Å². The monoisotopic (exact) mass is 387 g/mol. The zero-order chi connectivity index (χ0) is 20.5. The van der Waals surface area contributed by atoms with Gasteiger partial charge in [0.2, 0.25) is 0 Å². The van der Waals surface area contributed by atoms with Gasteiger partial charge in [0.15, 0.2) is 23.9 Å². The van der Waals surface area contributed by atoms with E-state index in [1.165, 1.54) is 18.3 Å². The molecule has 0 aliphatic carbocycles. The van der Waals surface area contributed by atoms with Gasteiger partial charge in [0.25, 0.3) is 5.91 Å². The lowest BCUT2D eigenvalue weighted by Gasteiger charge is -2.09. The molecule has 0 aromatic heterocycles. The van der Waals surface area contributed by atoms with Crippen LogP contribution in [-0.2, 0) is 4.79 Å². The van der Waals surface area contributed by atoms with Crippen molar-refractivity contribution in [2.75, 3.05) is 20.3 Å². The van der Waals surface area contributed by atoms with Gasteiger partial charge in [0.1, 0.15) is 0 Å². The smallest absolute Gasteiger partial charge is 0.311 e. The second-order valence-electron chi connectivity index (χ2n) is 5.65. The van der Waals surface area contributed by atoms with Gasteiger partial charge in [-0.05, 0) is 49.2 Å². The number of hydrazone groups is 1. The highest BCUT2D eigenvalue weighted by atomic mass is 16.6. The number of ether oxygens (including phenoxy) is 3. The summed E-state index contributed by atoms with van der Waals surface area (Å²) in [6, 6.07) is 9.71. The van der Waals surface area contributed by atoms with Crippen molar-refractivity contribution in [2.24, 2.45) is 5.10 Å². The minimum atomic E-state index is -0.558. The molecule has 0 saturated heterocycles. The van der Waals surface area contributed by atoms with E-state index in [1.54, 1.807) is 38.3 Å². The summed E-state index contributed by atoms with van der Waals surface area (Å²) in [5.74, 6) is 0.627. The zero-order valence-electron chi connectivity index (χ0n) is 15.8. The van der Waals surface area contributed by atoms with Gasteiger partial charge in [0.05, 0.1) is 24.9 Å². The third kappa shape index (κ3) is 5.70. The highest BCUT2D eigenvalue weighted by molar-refractivity contribution is 5.83. The number of nitro groups is 1. The highest BCUT2D eigenvalue weighted by Crippen LogP contribution is 2.28. The number of hydrogen-bond acceptors (Lipinski definition) is 7. The van der Waals surface area contributed by atoms with Crippen LogP contribution in [0.25, 0.3) is 0 Å². The number of methoxy groups -OCH3 is 1. The van der Waals surface area contributed by atoms with Gasteiger partial charge in [-0.15, -0.1) is 0 Å². The third-order valence-corrected chi connectivity index (χ3v) is 3.56. The number of hydrogen-bond donors (Lipinski definition) is 1. The molecule has 1 amide bonds. The zero-order valence-corrected chi connectivity index (χ0v) is 15.8. The molecule has 9 nitrogen and oxygen atoms in total. The number of carbonyl (C=O) groups excluding carboxylic acids is 1. The Morgan fingerprint density at radius 1 is 1.18 bits per heavy atom. The van der Waals surface area contributed by atoms with Crippen LogP contribution in [0.3, 0.4) is 0 Å². The molecule has 2 aromatic rings. The van der Waals surface area contributed by atoms with Crippen LogP contribution in [0.15, 0.2) is 41.5 Å². The summed E-state index contributed by atoms with van der Waals surface area (Å²) in [5.41, 5.74) is 3.52. The molecule has 0 aliphatic rings. The Balaban J connectivity index is 1.94. The normalized spacial score (nSPS) is 10.5. The lowest BCUT2D eigenvalue weighted by molar-refractivity contribution is -0.385. The van der Waals surface area contributed by atoms with Crippen LogP contribution >= 0.6 is 0 Å². The molecule has 2 rings (SSSR count). The first kappa shape index (κ1) is 20.7. The Kier molecular flexibility index (Phi) is 7.32. The number of rotatable bonds is 9. The number of nitro benzene ring substituents is 1. The van der Waals surface area contributed by atoms with Gasteiger partial charge in [-0.3, -0.25) is 14.9 Å². The molecular weight excluding hydrogens is 366 g/mol. The molecule has 148 valence electrons. The van der Waals surface area contributed by atoms with Crippen LogP contribution in [0, 0.1) is 17.0 Å². The van der Waals surface area contributed by atoms with E-state index in [-0.39, 0.29) is 11.4 Å². The molecule has 9 heteroatoms. The minimum absolute atomic E-state index is 0.0197. The van der Waals surface area contributed by atoms with Crippen LogP contribution in [0.1, 0.15) is 18.1 Å². The first-order valence-corrected chi connectivity index (χ1v) is 8.45. The van der Waals surface area contributed by atoms with Crippen LogP contribution in [-0.4, -0.2) is 37.4 Å². The standard InChI is InChI=1S/C19H21N3O6/c1-4-27-18-10-14(6-8-17(18)26-3)11-20-21-19(23)12-28-16-7-5-13(2)9-15(16)22(24)25/h5-11H,4,12H2,1-3H3,(H,21,23)/b20-11+. The second kappa shape index (κ2) is 9.91. The summed E-state index contributed by atoms with van der Waals surface area (Å²) in [5, 5.41) is 14.9. The van der Waals surface area contributed by atoms with Crippen LogP contribution in [0.4, 0.5) is 5.69 Å². The van der Waals surface area contributed by atoms with Gasteiger partial charge in [0, 0.05) is 6.07 Å². The van der Waals surface area contributed by atoms with E-state index in [9.17, 15) is 14.9 Å². The molecule has 0 saturated carbocycles. The van der Waals surface area contributed by atoms with Gasteiger partial charge < -0.3 is 14.2 Å². The summed E-state index contributed by atoms with van der Waals surface area (Å²) in [7, 11) is 1.55. The van der Waals surface area contributed by atoms with Crippen LogP contribution in [0.5, 0.6) is 17.2 Å². The highest BCUT2D eigenvalue weighted by Gasteiger charge is 2.16. The first-order valence-electron chi connectivity index (χ1n) is 8.45. The number of benzene rings is 2. The lowest BCUT2D eigenvalue weighted by Crippen LogP contribution is -2.24. The predicted molar refractivity (Wildman–Crippen MR) is 103 cm³/mol. The number of amides is 1. The van der Waals surface area contributed by atoms with E-state index in [4.69, 9.17) is 14.2 Å². The van der Waals surface area contributed by atoms with Crippen molar-refractivity contribution in [2.45, 2.75) is 13.8 Å². The third-order valence-electron chi connectivity index (χ3n) is 3.56. The maximum absolute atomic E-state index is 11.9. The SMILES string of the molecule is CCOc1cc(/C=N/NC(=O)COc2ccc(C)cc2[N+](=O)[O-])ccc1OC. The summed E-state index contributed by atoms with van der Waals surface area (Å²) >= 11 is 0. The molecule has 0 fully saturated rings. The van der Waals surface area contributed by atoms with Crippen molar-refractivity contribution in [3.05, 3.63) is 57.6 Å². The van der Waals surface area contributed by atoms with Crippen molar-refractivity contribution < 1.29 is 23.9 Å². The predicted octanol–water partition coefficient (Wildman–Crippen LogP) is 2.84. The number of carbonyl (C=O) groups is 1. The van der Waals surface area contributed by atoms with E-state index >= 15 is 0 Å². The molecular formula is C19H21N3O6. The van der Waals surface area contributed by atoms with Gasteiger partial charge in [-0.1, -0.05) is 6.07 Å². The number of nitrogens with zero attached hydrogens (tertiary/aromatic N) is 2. The van der Waals surface area contributed by atoms with Gasteiger partial charge in [-0.25, -0.2) is 5.43 Å². The Morgan fingerprint density at radius 2 is 1.93 bits per heavy atom. The molecule has 0 atom stereocenters. The van der Waals surface area contributed by atoms with Crippen molar-refractivity contribution in [1.82, 2.24) is 5.43 Å². The molecule has 0 bridgehead atoms. The van der Waals surface area contributed by atoms with E-state index in [0.29, 0.717) is 23.7 Å². The van der Waals surface area contributed by atoms with Gasteiger partial charge >= 0.3 is 5.69 Å². The van der Waals surface area contributed by atoms with E-state index in [2.05, 4.69) is 10.5 Å². The molecule has 1 N–H and O–H groups in total. The summed E-state index contributed by atoms with van der Waals surface area (Å²) in [6.45, 7) is 3.66. The summed E-state index contributed by atoms with van der Waals surface area (Å²) < 4.78 is 15.9. The van der Waals surface area contributed by atoms with Gasteiger partial charge in [-0.2, -0.15) is 5.10 Å². The molecule has 2 aromatic carbocycles. The van der Waals surface area contributed by atoms with Crippen molar-refractivity contribution in [1.29, 1.82) is 0 Å². The summed E-state index contributed by atoms with van der Waals surface area (Å²) in [4.78, 5) is 22.4. The molecule has 0 heterocycles. The fourth-order valence-electron chi connectivity index (χ4n) is 2.29. The van der Waals surface area contributed by atoms with Crippen LogP contribution in [0.2, 0.25) is 0 Å². The quantitative estimate of drug-likeness (QED) is 0.402. The fourth-order valence-corrected chi connectivity index (χ4v) is 2.29. The molecule has 0 radical (unpaired) electrons. The largest absolute Gasteiger partial charge is 0.493 e.